The quantitative estimate of drug-likeness (QED) is 0.114. The van der Waals surface area contributed by atoms with Gasteiger partial charge in [-0.15, -0.1) is 11.3 Å². The molecular formula is C34H37BOS2. The van der Waals surface area contributed by atoms with Crippen LogP contribution in [0.5, 0.6) is 0 Å². The number of Topliss-reactive ketones (excluding diaryl/α,β-unsaturated/α-hetero) is 1. The lowest BCUT2D eigenvalue weighted by atomic mass is 9.14. The lowest BCUT2D eigenvalue weighted by Gasteiger charge is -2.43. The van der Waals surface area contributed by atoms with Crippen molar-refractivity contribution in [2.45, 2.75) is 26.1 Å². The molecule has 0 radical (unpaired) electrons. The van der Waals surface area contributed by atoms with Crippen LogP contribution in [0, 0.1) is 0 Å². The molecule has 0 bridgehead atoms. The van der Waals surface area contributed by atoms with Gasteiger partial charge in [-0.1, -0.05) is 129 Å². The molecular weight excluding hydrogens is 499 g/mol. The highest BCUT2D eigenvalue weighted by molar-refractivity contribution is 7.96. The molecule has 5 aromatic rings. The third kappa shape index (κ3) is 6.67. The van der Waals surface area contributed by atoms with E-state index in [9.17, 15) is 4.79 Å². The second-order valence-electron chi connectivity index (χ2n) is 10.1. The number of unbranched alkanes of at least 4 members (excludes halogenated alkanes) is 1. The van der Waals surface area contributed by atoms with Gasteiger partial charge in [-0.2, -0.15) is 22.7 Å². The summed E-state index contributed by atoms with van der Waals surface area (Å²) in [6, 6.07) is 43.3. The van der Waals surface area contributed by atoms with E-state index in [1.165, 1.54) is 45.6 Å². The van der Waals surface area contributed by atoms with Crippen LogP contribution >= 0.6 is 11.3 Å². The van der Waals surface area contributed by atoms with E-state index in [4.69, 9.17) is 0 Å². The van der Waals surface area contributed by atoms with Crippen LogP contribution in [-0.4, -0.2) is 30.2 Å². The van der Waals surface area contributed by atoms with Crippen LogP contribution < -0.4 is 16.4 Å². The van der Waals surface area contributed by atoms with Crippen molar-refractivity contribution in [3.63, 3.8) is 0 Å². The SMILES string of the molecule is CCCC[B-](c1ccccc1)(c1ccccc1)c1ccccc1.C[S+](C)CC(=O)c1cc2ccccc2s1. The first-order valence-electron chi connectivity index (χ1n) is 13.4. The van der Waals surface area contributed by atoms with Crippen LogP contribution in [0.3, 0.4) is 0 Å². The Kier molecular flexibility index (Phi) is 10.0. The fourth-order valence-corrected chi connectivity index (χ4v) is 7.16. The van der Waals surface area contributed by atoms with Crippen molar-refractivity contribution in [2.24, 2.45) is 0 Å². The summed E-state index contributed by atoms with van der Waals surface area (Å²) in [5.41, 5.74) is 4.33. The number of carbonyl (C=O) groups excluding carboxylic acids is 1. The molecule has 1 aromatic heterocycles. The Morgan fingerprint density at radius 1 is 0.711 bits per heavy atom. The van der Waals surface area contributed by atoms with E-state index in [0.29, 0.717) is 5.75 Å². The van der Waals surface area contributed by atoms with Gasteiger partial charge in [-0.05, 0) is 28.4 Å². The summed E-state index contributed by atoms with van der Waals surface area (Å²) in [6.07, 6.45) is 6.93. The van der Waals surface area contributed by atoms with Crippen molar-refractivity contribution in [3.05, 3.63) is 126 Å². The first-order valence-corrected chi connectivity index (χ1v) is 16.5. The summed E-state index contributed by atoms with van der Waals surface area (Å²) >= 11 is 1.60. The third-order valence-electron chi connectivity index (χ3n) is 7.22. The Hall–Kier alpha value is -3.08. The average molecular weight is 537 g/mol. The standard InChI is InChI=1S/C22H24B.C12H13OS2/c1-2-3-19-23(20-13-7-4-8-14-20,21-15-9-5-10-16-21)22-17-11-6-12-18-22;1-15(2)8-10(13)12-7-9-5-3-4-6-11(9)14-12/h4-18H,2-3,19H2,1H3;3-7H,8H2,1-2H3/q-1;+1. The lowest BCUT2D eigenvalue weighted by Crippen LogP contribution is -2.66. The van der Waals surface area contributed by atoms with Gasteiger partial charge in [0.2, 0.25) is 5.78 Å². The number of hydrogen-bond acceptors (Lipinski definition) is 2. The number of thiophene rings is 1. The fourth-order valence-electron chi connectivity index (χ4n) is 5.38. The molecule has 0 saturated carbocycles. The van der Waals surface area contributed by atoms with Crippen LogP contribution in [0.4, 0.5) is 0 Å². The second-order valence-corrected chi connectivity index (χ2v) is 13.5. The van der Waals surface area contributed by atoms with Gasteiger partial charge in [-0.3, -0.25) is 4.79 Å². The highest BCUT2D eigenvalue weighted by Crippen LogP contribution is 2.25. The zero-order chi connectivity index (χ0) is 26.8. The zero-order valence-electron chi connectivity index (χ0n) is 22.7. The topological polar surface area (TPSA) is 17.1 Å². The summed E-state index contributed by atoms with van der Waals surface area (Å²) in [6.45, 7) is 2.28. The molecule has 38 heavy (non-hydrogen) atoms. The second kappa shape index (κ2) is 13.6. The minimum atomic E-state index is -0.913. The van der Waals surface area contributed by atoms with E-state index in [-0.39, 0.29) is 16.7 Å². The Morgan fingerprint density at radius 2 is 1.18 bits per heavy atom. The molecule has 0 amide bonds. The monoisotopic (exact) mass is 536 g/mol. The molecule has 0 spiro atoms. The van der Waals surface area contributed by atoms with Gasteiger partial charge in [0.05, 0.1) is 23.5 Å². The molecule has 1 heterocycles. The van der Waals surface area contributed by atoms with Gasteiger partial charge in [0.25, 0.3) is 0 Å². The van der Waals surface area contributed by atoms with E-state index in [2.05, 4.69) is 123 Å². The van der Waals surface area contributed by atoms with E-state index in [1.807, 2.05) is 18.2 Å². The van der Waals surface area contributed by atoms with E-state index < -0.39 is 6.15 Å². The Morgan fingerprint density at radius 3 is 1.63 bits per heavy atom. The molecule has 1 nitrogen and oxygen atoms in total. The fraction of sp³-hybridized carbons (Fsp3) is 0.206. The smallest absolute Gasteiger partial charge is 0.221 e. The van der Waals surface area contributed by atoms with Crippen molar-refractivity contribution in [1.82, 2.24) is 0 Å². The van der Waals surface area contributed by atoms with Crippen molar-refractivity contribution in [3.8, 4) is 0 Å². The van der Waals surface area contributed by atoms with Gasteiger partial charge in [0.1, 0.15) is 0 Å². The molecule has 194 valence electrons. The normalized spacial score (nSPS) is 11.3. The van der Waals surface area contributed by atoms with Crippen molar-refractivity contribution < 1.29 is 4.79 Å². The van der Waals surface area contributed by atoms with E-state index >= 15 is 0 Å². The summed E-state index contributed by atoms with van der Waals surface area (Å²) < 4.78 is 1.20. The van der Waals surface area contributed by atoms with Crippen LogP contribution in [0.15, 0.2) is 121 Å². The van der Waals surface area contributed by atoms with E-state index in [1.54, 1.807) is 11.3 Å². The van der Waals surface area contributed by atoms with Crippen molar-refractivity contribution >= 4 is 60.6 Å². The summed E-state index contributed by atoms with van der Waals surface area (Å²) in [7, 11) is 0.189. The maximum Gasteiger partial charge on any atom is 0.221 e. The number of benzene rings is 4. The van der Waals surface area contributed by atoms with Crippen molar-refractivity contribution in [1.29, 1.82) is 0 Å². The maximum absolute atomic E-state index is 11.8. The Bertz CT molecular complexity index is 1280. The molecule has 4 aromatic carbocycles. The first kappa shape index (κ1) is 27.9. The number of fused-ring (bicyclic) bond motifs is 1. The van der Waals surface area contributed by atoms with Gasteiger partial charge < -0.3 is 0 Å². The Labute approximate surface area is 235 Å². The molecule has 0 N–H and O–H groups in total. The molecule has 0 aliphatic rings. The summed E-state index contributed by atoms with van der Waals surface area (Å²) in [4.78, 5) is 12.7. The van der Waals surface area contributed by atoms with Gasteiger partial charge >= 0.3 is 0 Å². The molecule has 0 aliphatic heterocycles. The average Bonchev–Trinajstić information content (AvgIpc) is 3.40. The van der Waals surface area contributed by atoms with Crippen LogP contribution in [0.1, 0.15) is 29.4 Å². The number of rotatable bonds is 9. The molecule has 0 fully saturated rings. The van der Waals surface area contributed by atoms with Gasteiger partial charge in [-0.25, -0.2) is 0 Å². The van der Waals surface area contributed by atoms with Crippen LogP contribution in [-0.2, 0) is 10.9 Å². The van der Waals surface area contributed by atoms with E-state index in [0.717, 1.165) is 4.88 Å². The molecule has 0 unspecified atom stereocenters. The van der Waals surface area contributed by atoms with Crippen LogP contribution in [0.2, 0.25) is 6.32 Å². The number of carbonyl (C=O) groups is 1. The zero-order valence-corrected chi connectivity index (χ0v) is 24.3. The lowest BCUT2D eigenvalue weighted by molar-refractivity contribution is 0.102. The molecule has 5 rings (SSSR count). The Balaban J connectivity index is 0.000000194. The molecule has 0 atom stereocenters. The largest absolute Gasteiger partial charge is 0.288 e. The summed E-state index contributed by atoms with van der Waals surface area (Å²) in [5, 5.41) is 1.18. The minimum absolute atomic E-state index is 0.189. The predicted molar refractivity (Wildman–Crippen MR) is 174 cm³/mol. The third-order valence-corrected chi connectivity index (χ3v) is 9.21. The molecule has 0 aliphatic carbocycles. The predicted octanol–water partition coefficient (Wildman–Crippen LogP) is 6.92. The first-order chi connectivity index (χ1) is 18.5. The van der Waals surface area contributed by atoms with Gasteiger partial charge in [0.15, 0.2) is 5.75 Å². The maximum atomic E-state index is 11.8. The van der Waals surface area contributed by atoms with Gasteiger partial charge in [0, 0.05) is 4.70 Å². The van der Waals surface area contributed by atoms with Crippen LogP contribution in [0.25, 0.3) is 10.1 Å². The highest BCUT2D eigenvalue weighted by atomic mass is 32.2. The summed E-state index contributed by atoms with van der Waals surface area (Å²) in [5.74, 6) is 0.955. The number of ketones is 1. The number of hydrogen-bond donors (Lipinski definition) is 0. The molecule has 4 heteroatoms. The molecule has 0 saturated heterocycles. The van der Waals surface area contributed by atoms with Crippen molar-refractivity contribution in [2.75, 3.05) is 18.3 Å². The highest BCUT2D eigenvalue weighted by Gasteiger charge is 2.28. The minimum Gasteiger partial charge on any atom is -0.288 e.